The van der Waals surface area contributed by atoms with Crippen LogP contribution < -0.4 is 9.47 Å². The quantitative estimate of drug-likeness (QED) is 0.480. The van der Waals surface area contributed by atoms with Gasteiger partial charge in [-0.15, -0.1) is 0 Å². The second-order valence-electron chi connectivity index (χ2n) is 6.34. The summed E-state index contributed by atoms with van der Waals surface area (Å²) in [4.78, 5) is 14.4. The average molecular weight is 394 g/mol. The summed E-state index contributed by atoms with van der Waals surface area (Å²) in [5, 5.41) is 8.96. The van der Waals surface area contributed by atoms with E-state index in [1.54, 1.807) is 47.8 Å². The van der Waals surface area contributed by atoms with Gasteiger partial charge in [0.2, 0.25) is 5.91 Å². The van der Waals surface area contributed by atoms with E-state index in [-0.39, 0.29) is 5.91 Å². The number of amides is 1. The Morgan fingerprint density at radius 1 is 1.07 bits per heavy atom. The Morgan fingerprint density at radius 3 is 2.31 bits per heavy atom. The summed E-state index contributed by atoms with van der Waals surface area (Å²) in [5.41, 5.74) is 0.496. The number of furan rings is 2. The van der Waals surface area contributed by atoms with Crippen LogP contribution in [0, 0.1) is 11.3 Å². The zero-order chi connectivity index (χ0) is 20.5. The third-order valence-electron chi connectivity index (χ3n) is 4.29. The molecular formula is C22H22N2O5. The molecule has 29 heavy (non-hydrogen) atoms. The largest absolute Gasteiger partial charge is 0.493 e. The minimum atomic E-state index is -0.0202. The molecular weight excluding hydrogens is 372 g/mol. The highest BCUT2D eigenvalue weighted by Crippen LogP contribution is 2.28. The molecule has 0 bridgehead atoms. The van der Waals surface area contributed by atoms with Gasteiger partial charge < -0.3 is 23.2 Å². The molecule has 1 amide bonds. The molecule has 150 valence electrons. The maximum absolute atomic E-state index is 12.7. The first-order valence-electron chi connectivity index (χ1n) is 9.23. The number of hydrogen-bond acceptors (Lipinski definition) is 6. The van der Waals surface area contributed by atoms with Crippen LogP contribution in [0.3, 0.4) is 0 Å². The number of carbonyl (C=O) groups is 1. The van der Waals surface area contributed by atoms with Crippen LogP contribution in [0.25, 0.3) is 0 Å². The molecule has 3 rings (SSSR count). The number of ether oxygens (including phenoxy) is 2. The zero-order valence-electron chi connectivity index (χ0n) is 16.2. The molecule has 0 unspecified atom stereocenters. The molecule has 0 aliphatic rings. The van der Waals surface area contributed by atoms with Crippen LogP contribution in [0.4, 0.5) is 0 Å². The molecule has 0 saturated carbocycles. The molecule has 7 nitrogen and oxygen atoms in total. The van der Waals surface area contributed by atoms with Crippen LogP contribution in [-0.4, -0.2) is 24.5 Å². The van der Waals surface area contributed by atoms with Gasteiger partial charge in [0, 0.05) is 12.5 Å². The Morgan fingerprint density at radius 2 is 1.76 bits per heavy atom. The lowest BCUT2D eigenvalue weighted by atomic mass is 10.2. The minimum Gasteiger partial charge on any atom is -0.493 e. The summed E-state index contributed by atoms with van der Waals surface area (Å²) in [6.07, 6.45) is 4.03. The molecule has 3 aromatic rings. The van der Waals surface area contributed by atoms with E-state index in [1.165, 1.54) is 7.11 Å². The van der Waals surface area contributed by atoms with Gasteiger partial charge in [-0.3, -0.25) is 4.79 Å². The van der Waals surface area contributed by atoms with Crippen molar-refractivity contribution in [1.82, 2.24) is 4.90 Å². The van der Waals surface area contributed by atoms with Crippen molar-refractivity contribution in [2.24, 2.45) is 0 Å². The fourth-order valence-corrected chi connectivity index (χ4v) is 2.83. The lowest BCUT2D eigenvalue weighted by molar-refractivity contribution is -0.133. The Kier molecular flexibility index (Phi) is 6.95. The molecule has 0 radical (unpaired) electrons. The summed E-state index contributed by atoms with van der Waals surface area (Å²) in [7, 11) is 1.52. The Hall–Kier alpha value is -3.66. The fourth-order valence-electron chi connectivity index (χ4n) is 2.83. The third kappa shape index (κ3) is 5.66. The van der Waals surface area contributed by atoms with E-state index < -0.39 is 0 Å². The lowest BCUT2D eigenvalue weighted by Crippen LogP contribution is -2.30. The standard InChI is InChI=1S/C22H22N2O5/c1-26-21-13-17(14-23)8-9-20(21)29-12-4-7-22(25)24(15-18-5-2-10-27-18)16-19-6-3-11-28-19/h2-3,5-6,8-11,13H,4,7,12,15-16H2,1H3. The number of nitrogens with zero attached hydrogens (tertiary/aromatic N) is 2. The maximum atomic E-state index is 12.7. The summed E-state index contributed by atoms with van der Waals surface area (Å²) >= 11 is 0. The number of benzene rings is 1. The van der Waals surface area contributed by atoms with Crippen LogP contribution >= 0.6 is 0 Å². The number of nitriles is 1. The number of hydrogen-bond donors (Lipinski definition) is 0. The molecule has 2 heterocycles. The summed E-state index contributed by atoms with van der Waals surface area (Å²) in [6, 6.07) is 14.3. The van der Waals surface area contributed by atoms with Crippen LogP contribution in [0.2, 0.25) is 0 Å². The first-order valence-corrected chi connectivity index (χ1v) is 9.23. The second-order valence-corrected chi connectivity index (χ2v) is 6.34. The van der Waals surface area contributed by atoms with Gasteiger partial charge in [-0.2, -0.15) is 5.26 Å². The highest BCUT2D eigenvalue weighted by molar-refractivity contribution is 5.76. The van der Waals surface area contributed by atoms with E-state index >= 15 is 0 Å². The third-order valence-corrected chi connectivity index (χ3v) is 4.29. The Balaban J connectivity index is 1.54. The van der Waals surface area contributed by atoms with Gasteiger partial charge in [0.1, 0.15) is 11.5 Å². The van der Waals surface area contributed by atoms with Gasteiger partial charge in [-0.25, -0.2) is 0 Å². The topological polar surface area (TPSA) is 88.8 Å². The van der Waals surface area contributed by atoms with Crippen molar-refractivity contribution >= 4 is 5.91 Å². The lowest BCUT2D eigenvalue weighted by Gasteiger charge is -2.20. The van der Waals surface area contributed by atoms with E-state index in [1.807, 2.05) is 12.1 Å². The highest BCUT2D eigenvalue weighted by Gasteiger charge is 2.17. The van der Waals surface area contributed by atoms with E-state index in [4.69, 9.17) is 23.6 Å². The van der Waals surface area contributed by atoms with Crippen LogP contribution in [0.5, 0.6) is 11.5 Å². The molecule has 7 heteroatoms. The molecule has 2 aromatic heterocycles. The molecule has 0 atom stereocenters. The van der Waals surface area contributed by atoms with Crippen molar-refractivity contribution in [2.45, 2.75) is 25.9 Å². The molecule has 0 saturated heterocycles. The zero-order valence-corrected chi connectivity index (χ0v) is 16.2. The van der Waals surface area contributed by atoms with E-state index in [0.29, 0.717) is 61.1 Å². The molecule has 0 aliphatic carbocycles. The van der Waals surface area contributed by atoms with Gasteiger partial charge in [0.25, 0.3) is 0 Å². The Labute approximate surface area is 169 Å². The maximum Gasteiger partial charge on any atom is 0.223 e. The molecule has 0 spiro atoms. The molecule has 0 N–H and O–H groups in total. The summed E-state index contributed by atoms with van der Waals surface area (Å²) in [5.74, 6) is 2.44. The smallest absolute Gasteiger partial charge is 0.223 e. The second kappa shape index (κ2) is 10.0. The SMILES string of the molecule is COc1cc(C#N)ccc1OCCCC(=O)N(Cc1ccco1)Cc1ccco1. The monoisotopic (exact) mass is 394 g/mol. The number of methoxy groups -OCH3 is 1. The van der Waals surface area contributed by atoms with E-state index in [9.17, 15) is 4.79 Å². The van der Waals surface area contributed by atoms with Gasteiger partial charge in [-0.1, -0.05) is 0 Å². The van der Waals surface area contributed by atoms with Gasteiger partial charge >= 0.3 is 0 Å². The fraction of sp³-hybridized carbons (Fsp3) is 0.273. The van der Waals surface area contributed by atoms with E-state index in [0.717, 1.165) is 0 Å². The first-order chi connectivity index (χ1) is 14.2. The predicted octanol–water partition coefficient (Wildman–Crippen LogP) is 4.14. The van der Waals surface area contributed by atoms with Crippen LogP contribution in [0.15, 0.2) is 63.8 Å². The number of rotatable bonds is 10. The normalized spacial score (nSPS) is 10.3. The first kappa shape index (κ1) is 20.1. The van der Waals surface area contributed by atoms with Crippen molar-refractivity contribution in [3.63, 3.8) is 0 Å². The highest BCUT2D eigenvalue weighted by atomic mass is 16.5. The van der Waals surface area contributed by atoms with Crippen LogP contribution in [-0.2, 0) is 17.9 Å². The van der Waals surface area contributed by atoms with Gasteiger partial charge in [0.15, 0.2) is 11.5 Å². The number of carbonyl (C=O) groups excluding carboxylic acids is 1. The molecule has 0 fully saturated rings. The van der Waals surface area contributed by atoms with Gasteiger partial charge in [0.05, 0.1) is 51.0 Å². The van der Waals surface area contributed by atoms with Crippen molar-refractivity contribution in [2.75, 3.05) is 13.7 Å². The van der Waals surface area contributed by atoms with E-state index in [2.05, 4.69) is 6.07 Å². The van der Waals surface area contributed by atoms with Crippen molar-refractivity contribution in [1.29, 1.82) is 5.26 Å². The summed E-state index contributed by atoms with van der Waals surface area (Å²) in [6.45, 7) is 1.09. The van der Waals surface area contributed by atoms with Gasteiger partial charge in [-0.05, 0) is 42.8 Å². The average Bonchev–Trinajstić information content (AvgIpc) is 3.45. The van der Waals surface area contributed by atoms with Crippen molar-refractivity contribution in [3.05, 3.63) is 72.1 Å². The van der Waals surface area contributed by atoms with Crippen molar-refractivity contribution in [3.8, 4) is 17.6 Å². The Bertz CT molecular complexity index is 906. The minimum absolute atomic E-state index is 0.0202. The molecule has 0 aliphatic heterocycles. The van der Waals surface area contributed by atoms with Crippen LogP contribution in [0.1, 0.15) is 29.9 Å². The molecule has 1 aromatic carbocycles. The summed E-state index contributed by atoms with van der Waals surface area (Å²) < 4.78 is 21.7. The van der Waals surface area contributed by atoms with Crippen molar-refractivity contribution < 1.29 is 23.1 Å². The predicted molar refractivity (Wildman–Crippen MR) is 104 cm³/mol.